The summed E-state index contributed by atoms with van der Waals surface area (Å²) < 4.78 is 11.3. The third kappa shape index (κ3) is 7.97. The van der Waals surface area contributed by atoms with Crippen LogP contribution in [-0.4, -0.2) is 24.0 Å². The Kier molecular flexibility index (Phi) is 9.19. The first-order valence-corrected chi connectivity index (χ1v) is 11.5. The van der Waals surface area contributed by atoms with Crippen molar-refractivity contribution in [1.82, 2.24) is 10.6 Å². The Hall–Kier alpha value is -3.22. The largest absolute Gasteiger partial charge is 0.481 e. The van der Waals surface area contributed by atoms with Gasteiger partial charge in [-0.15, -0.1) is 0 Å². The second-order valence-corrected chi connectivity index (χ2v) is 8.56. The summed E-state index contributed by atoms with van der Waals surface area (Å²) in [6.45, 7) is 4.01. The van der Waals surface area contributed by atoms with Crippen LogP contribution < -0.4 is 20.1 Å². The van der Waals surface area contributed by atoms with Gasteiger partial charge in [-0.2, -0.15) is 0 Å². The summed E-state index contributed by atoms with van der Waals surface area (Å²) in [6.07, 6.45) is -1.36. The lowest BCUT2D eigenvalue weighted by Gasteiger charge is -2.16. The van der Waals surface area contributed by atoms with Crippen molar-refractivity contribution < 1.29 is 19.1 Å². The molecule has 2 N–H and O–H groups in total. The van der Waals surface area contributed by atoms with E-state index in [4.69, 9.17) is 32.7 Å². The molecule has 3 aromatic rings. The van der Waals surface area contributed by atoms with Gasteiger partial charge in [0.1, 0.15) is 11.5 Å². The first kappa shape index (κ1) is 25.4. The second kappa shape index (κ2) is 12.3. The Morgan fingerprint density at radius 2 is 1.12 bits per heavy atom. The van der Waals surface area contributed by atoms with Crippen LogP contribution in [0.3, 0.4) is 0 Å². The smallest absolute Gasteiger partial charge is 0.261 e. The zero-order valence-corrected chi connectivity index (χ0v) is 20.4. The number of benzene rings is 3. The third-order valence-electron chi connectivity index (χ3n) is 4.88. The van der Waals surface area contributed by atoms with Crippen LogP contribution in [0.15, 0.2) is 72.8 Å². The van der Waals surface area contributed by atoms with Crippen molar-refractivity contribution in [2.45, 2.75) is 39.1 Å². The molecule has 0 aliphatic heterocycles. The molecular formula is C26H26Cl2N2O4. The molecule has 0 heterocycles. The summed E-state index contributed by atoms with van der Waals surface area (Å²) in [7, 11) is 0. The summed E-state index contributed by atoms with van der Waals surface area (Å²) in [5.74, 6) is 0.569. The standard InChI is InChI=1S/C26H26Cl2N2O4/c1-17(33-23-10-4-8-21(27)13-23)25(31)29-15-19-6-3-7-20(12-19)16-30-26(32)18(2)34-24-11-5-9-22(28)14-24/h3-14,17-18H,15-16H2,1-2H3,(H,29,31)(H,30,32). The van der Waals surface area contributed by atoms with Crippen LogP contribution in [0.25, 0.3) is 0 Å². The topological polar surface area (TPSA) is 76.7 Å². The van der Waals surface area contributed by atoms with Gasteiger partial charge in [-0.3, -0.25) is 9.59 Å². The van der Waals surface area contributed by atoms with Crippen molar-refractivity contribution >= 4 is 35.0 Å². The highest BCUT2D eigenvalue weighted by molar-refractivity contribution is 6.31. The Morgan fingerprint density at radius 1 is 0.706 bits per heavy atom. The quantitative estimate of drug-likeness (QED) is 0.403. The number of hydrogen-bond donors (Lipinski definition) is 2. The van der Waals surface area contributed by atoms with Gasteiger partial charge < -0.3 is 20.1 Å². The van der Waals surface area contributed by atoms with Crippen molar-refractivity contribution in [3.8, 4) is 11.5 Å². The van der Waals surface area contributed by atoms with Crippen LogP contribution >= 0.6 is 23.2 Å². The highest BCUT2D eigenvalue weighted by atomic mass is 35.5. The maximum atomic E-state index is 12.4. The molecule has 0 aliphatic rings. The molecule has 2 atom stereocenters. The molecule has 0 saturated heterocycles. The van der Waals surface area contributed by atoms with Gasteiger partial charge in [0.15, 0.2) is 12.2 Å². The molecule has 3 rings (SSSR count). The third-order valence-corrected chi connectivity index (χ3v) is 5.35. The number of hydrogen-bond acceptors (Lipinski definition) is 4. The minimum atomic E-state index is -0.679. The maximum Gasteiger partial charge on any atom is 0.261 e. The van der Waals surface area contributed by atoms with E-state index in [0.29, 0.717) is 34.6 Å². The van der Waals surface area contributed by atoms with Gasteiger partial charge in [-0.05, 0) is 61.4 Å². The van der Waals surface area contributed by atoms with E-state index in [1.165, 1.54) is 0 Å². The number of carbonyl (C=O) groups is 2. The van der Waals surface area contributed by atoms with Crippen LogP contribution in [0.5, 0.6) is 11.5 Å². The van der Waals surface area contributed by atoms with Crippen LogP contribution in [0, 0.1) is 0 Å². The first-order valence-electron chi connectivity index (χ1n) is 10.8. The van der Waals surface area contributed by atoms with E-state index in [1.54, 1.807) is 62.4 Å². The van der Waals surface area contributed by atoms with Crippen molar-refractivity contribution in [3.63, 3.8) is 0 Å². The number of rotatable bonds is 10. The molecule has 2 unspecified atom stereocenters. The number of carbonyl (C=O) groups excluding carboxylic acids is 2. The van der Waals surface area contributed by atoms with Crippen molar-refractivity contribution in [2.24, 2.45) is 0 Å². The molecule has 6 nitrogen and oxygen atoms in total. The van der Waals surface area contributed by atoms with E-state index in [2.05, 4.69) is 10.6 Å². The van der Waals surface area contributed by atoms with Crippen LogP contribution in [0.2, 0.25) is 10.0 Å². The van der Waals surface area contributed by atoms with Gasteiger partial charge in [-0.25, -0.2) is 0 Å². The van der Waals surface area contributed by atoms with E-state index in [1.807, 2.05) is 24.3 Å². The summed E-state index contributed by atoms with van der Waals surface area (Å²) in [4.78, 5) is 24.8. The molecular weight excluding hydrogens is 475 g/mol. The number of ether oxygens (including phenoxy) is 2. The highest BCUT2D eigenvalue weighted by Gasteiger charge is 2.16. The summed E-state index contributed by atoms with van der Waals surface area (Å²) in [6, 6.07) is 21.4. The molecule has 2 amide bonds. The normalized spacial score (nSPS) is 12.4. The summed E-state index contributed by atoms with van der Waals surface area (Å²) >= 11 is 11.9. The first-order chi connectivity index (χ1) is 16.3. The molecule has 0 radical (unpaired) electrons. The van der Waals surface area contributed by atoms with Gasteiger partial charge in [0.2, 0.25) is 0 Å². The number of nitrogens with one attached hydrogen (secondary N) is 2. The Bertz CT molecular complexity index is 1050. The van der Waals surface area contributed by atoms with Crippen molar-refractivity contribution in [3.05, 3.63) is 94.0 Å². The minimum absolute atomic E-state index is 0.245. The molecule has 0 aliphatic carbocycles. The fraction of sp³-hybridized carbons (Fsp3) is 0.231. The zero-order chi connectivity index (χ0) is 24.5. The van der Waals surface area contributed by atoms with Gasteiger partial charge >= 0.3 is 0 Å². The monoisotopic (exact) mass is 500 g/mol. The SMILES string of the molecule is CC(Oc1cccc(Cl)c1)C(=O)NCc1cccc(CNC(=O)C(C)Oc2cccc(Cl)c2)c1. The van der Waals surface area contributed by atoms with E-state index in [9.17, 15) is 9.59 Å². The Morgan fingerprint density at radius 3 is 1.53 bits per heavy atom. The van der Waals surface area contributed by atoms with Gasteiger partial charge in [0.25, 0.3) is 11.8 Å². The van der Waals surface area contributed by atoms with E-state index in [-0.39, 0.29) is 11.8 Å². The van der Waals surface area contributed by atoms with Crippen LogP contribution in [0.1, 0.15) is 25.0 Å². The van der Waals surface area contributed by atoms with Gasteiger partial charge in [0.05, 0.1) is 0 Å². The molecule has 8 heteroatoms. The molecule has 0 aromatic heterocycles. The molecule has 0 fully saturated rings. The fourth-order valence-corrected chi connectivity index (χ4v) is 3.47. The fourth-order valence-electron chi connectivity index (χ4n) is 3.11. The average molecular weight is 501 g/mol. The lowest BCUT2D eigenvalue weighted by Crippen LogP contribution is -2.36. The number of amides is 2. The highest BCUT2D eigenvalue weighted by Crippen LogP contribution is 2.19. The van der Waals surface area contributed by atoms with Crippen molar-refractivity contribution in [1.29, 1.82) is 0 Å². The lowest BCUT2D eigenvalue weighted by atomic mass is 10.1. The van der Waals surface area contributed by atoms with E-state index < -0.39 is 12.2 Å². The molecule has 34 heavy (non-hydrogen) atoms. The lowest BCUT2D eigenvalue weighted by molar-refractivity contribution is -0.128. The van der Waals surface area contributed by atoms with E-state index >= 15 is 0 Å². The van der Waals surface area contributed by atoms with E-state index in [0.717, 1.165) is 11.1 Å². The molecule has 0 saturated carbocycles. The van der Waals surface area contributed by atoms with Crippen LogP contribution in [0.4, 0.5) is 0 Å². The second-order valence-electron chi connectivity index (χ2n) is 7.69. The molecule has 3 aromatic carbocycles. The predicted molar refractivity (Wildman–Crippen MR) is 133 cm³/mol. The van der Waals surface area contributed by atoms with Crippen molar-refractivity contribution in [2.75, 3.05) is 0 Å². The molecule has 0 bridgehead atoms. The minimum Gasteiger partial charge on any atom is -0.481 e. The molecule has 0 spiro atoms. The van der Waals surface area contributed by atoms with Crippen LogP contribution in [-0.2, 0) is 22.7 Å². The average Bonchev–Trinajstić information content (AvgIpc) is 2.81. The Balaban J connectivity index is 1.46. The molecule has 178 valence electrons. The van der Waals surface area contributed by atoms with Gasteiger partial charge in [-0.1, -0.05) is 59.6 Å². The summed E-state index contributed by atoms with van der Waals surface area (Å²) in [5.41, 5.74) is 1.80. The Labute approximate surface area is 209 Å². The maximum absolute atomic E-state index is 12.4. The van der Waals surface area contributed by atoms with Gasteiger partial charge in [0, 0.05) is 23.1 Å². The predicted octanol–water partition coefficient (Wildman–Crippen LogP) is 5.16. The summed E-state index contributed by atoms with van der Waals surface area (Å²) in [5, 5.41) is 6.80. The number of halogens is 2. The zero-order valence-electron chi connectivity index (χ0n) is 18.9.